The topological polar surface area (TPSA) is 66.5 Å². The minimum atomic E-state index is -0.357. The van der Waals surface area contributed by atoms with Gasteiger partial charge in [0.15, 0.2) is 0 Å². The molecule has 1 fully saturated rings. The van der Waals surface area contributed by atoms with E-state index in [9.17, 15) is 14.4 Å². The second-order valence-electron chi connectivity index (χ2n) is 8.25. The summed E-state index contributed by atoms with van der Waals surface area (Å²) in [6, 6.07) is 6.67. The summed E-state index contributed by atoms with van der Waals surface area (Å²) in [4.78, 5) is 37.5. The molecule has 3 amide bonds. The zero-order valence-corrected chi connectivity index (χ0v) is 15.1. The third kappa shape index (κ3) is 4.43. The van der Waals surface area contributed by atoms with Crippen molar-refractivity contribution in [3.8, 4) is 0 Å². The van der Waals surface area contributed by atoms with Crippen molar-refractivity contribution in [1.82, 2.24) is 5.32 Å². The summed E-state index contributed by atoms with van der Waals surface area (Å²) in [6.45, 7) is 10.4. The predicted octanol–water partition coefficient (Wildman–Crippen LogP) is 3.28. The van der Waals surface area contributed by atoms with Crippen LogP contribution in [0.3, 0.4) is 0 Å². The molecule has 130 valence electrons. The molecule has 5 nitrogen and oxygen atoms in total. The fourth-order valence-electron chi connectivity index (χ4n) is 3.40. The predicted molar refractivity (Wildman–Crippen MR) is 93.8 cm³/mol. The van der Waals surface area contributed by atoms with Crippen LogP contribution >= 0.6 is 0 Å². The van der Waals surface area contributed by atoms with Crippen molar-refractivity contribution in [3.63, 3.8) is 0 Å². The van der Waals surface area contributed by atoms with Gasteiger partial charge < -0.3 is 5.32 Å². The van der Waals surface area contributed by atoms with Gasteiger partial charge in [-0.05, 0) is 43.9 Å². The molecule has 1 aromatic rings. The summed E-state index contributed by atoms with van der Waals surface area (Å²) < 4.78 is 0. The highest BCUT2D eigenvalue weighted by molar-refractivity contribution is 6.20. The normalized spacial score (nSPS) is 15.8. The molecule has 0 aromatic heterocycles. The molecule has 1 aliphatic rings. The van der Waals surface area contributed by atoms with Crippen molar-refractivity contribution < 1.29 is 14.4 Å². The van der Waals surface area contributed by atoms with Crippen LogP contribution in [0.1, 0.15) is 64.2 Å². The van der Waals surface area contributed by atoms with Gasteiger partial charge in [0.05, 0.1) is 5.69 Å². The van der Waals surface area contributed by atoms with Crippen molar-refractivity contribution in [2.24, 2.45) is 5.41 Å². The van der Waals surface area contributed by atoms with Crippen LogP contribution in [0.25, 0.3) is 0 Å². The Morgan fingerprint density at radius 3 is 2.21 bits per heavy atom. The molecule has 1 saturated heterocycles. The Morgan fingerprint density at radius 1 is 1.08 bits per heavy atom. The quantitative estimate of drug-likeness (QED) is 0.862. The Hall–Kier alpha value is -2.17. The molecule has 0 atom stereocenters. The maximum Gasteiger partial charge on any atom is 0.251 e. The summed E-state index contributed by atoms with van der Waals surface area (Å²) in [5.74, 6) is -0.638. The van der Waals surface area contributed by atoms with Crippen LogP contribution in [0.5, 0.6) is 0 Å². The first-order valence-corrected chi connectivity index (χ1v) is 8.27. The largest absolute Gasteiger partial charge is 0.347 e. The molecule has 0 unspecified atom stereocenters. The van der Waals surface area contributed by atoms with E-state index in [1.165, 1.54) is 0 Å². The molecule has 0 spiro atoms. The maximum absolute atomic E-state index is 12.6. The van der Waals surface area contributed by atoms with Crippen molar-refractivity contribution in [3.05, 3.63) is 29.8 Å². The number of hydrogen-bond acceptors (Lipinski definition) is 3. The summed E-state index contributed by atoms with van der Waals surface area (Å²) >= 11 is 0. The van der Waals surface area contributed by atoms with Crippen LogP contribution < -0.4 is 10.2 Å². The van der Waals surface area contributed by atoms with Crippen LogP contribution in [0.4, 0.5) is 5.69 Å². The molecule has 24 heavy (non-hydrogen) atoms. The molecule has 1 N–H and O–H groups in total. The van der Waals surface area contributed by atoms with Gasteiger partial charge in [-0.3, -0.25) is 19.3 Å². The summed E-state index contributed by atoms with van der Waals surface area (Å²) in [5, 5.41) is 3.04. The van der Waals surface area contributed by atoms with Crippen LogP contribution in [0, 0.1) is 5.41 Å². The SMILES string of the molecule is CC(C)(C)CC(C)(C)NC(=O)c1cccc(N2C(=O)CCC2=O)c1. The highest BCUT2D eigenvalue weighted by atomic mass is 16.2. The Labute approximate surface area is 143 Å². The number of carbonyl (C=O) groups excluding carboxylic acids is 3. The van der Waals surface area contributed by atoms with E-state index in [-0.39, 0.29) is 41.5 Å². The Bertz CT molecular complexity index is 655. The van der Waals surface area contributed by atoms with E-state index in [2.05, 4.69) is 26.1 Å². The van der Waals surface area contributed by atoms with Gasteiger partial charge in [0.1, 0.15) is 0 Å². The standard InChI is InChI=1S/C19H26N2O3/c1-18(2,3)12-19(4,5)20-17(24)13-7-6-8-14(11-13)21-15(22)9-10-16(21)23/h6-8,11H,9-10,12H2,1-5H3,(H,20,24). The lowest BCUT2D eigenvalue weighted by molar-refractivity contribution is -0.121. The number of nitrogens with zero attached hydrogens (tertiary/aromatic N) is 1. The second-order valence-corrected chi connectivity index (χ2v) is 8.25. The first-order chi connectivity index (χ1) is 11.0. The highest BCUT2D eigenvalue weighted by Crippen LogP contribution is 2.28. The number of rotatable bonds is 4. The van der Waals surface area contributed by atoms with Crippen LogP contribution in [-0.4, -0.2) is 23.3 Å². The van der Waals surface area contributed by atoms with Crippen molar-refractivity contribution in [2.75, 3.05) is 4.90 Å². The lowest BCUT2D eigenvalue weighted by atomic mass is 9.81. The summed E-state index contributed by atoms with van der Waals surface area (Å²) in [5.41, 5.74) is 0.642. The monoisotopic (exact) mass is 330 g/mol. The number of hydrogen-bond donors (Lipinski definition) is 1. The van der Waals surface area contributed by atoms with Gasteiger partial charge in [-0.2, -0.15) is 0 Å². The Kier molecular flexibility index (Phi) is 4.83. The molecular formula is C19H26N2O3. The average molecular weight is 330 g/mol. The summed E-state index contributed by atoms with van der Waals surface area (Å²) in [7, 11) is 0. The first kappa shape index (κ1) is 18.2. The van der Waals surface area contributed by atoms with E-state index < -0.39 is 0 Å². The van der Waals surface area contributed by atoms with Crippen LogP contribution in [0.15, 0.2) is 24.3 Å². The van der Waals surface area contributed by atoms with E-state index in [4.69, 9.17) is 0 Å². The van der Waals surface area contributed by atoms with Gasteiger partial charge in [0.2, 0.25) is 11.8 Å². The third-order valence-corrected chi connectivity index (χ3v) is 3.84. The number of benzene rings is 1. The van der Waals surface area contributed by atoms with Gasteiger partial charge in [-0.1, -0.05) is 26.8 Å². The number of carbonyl (C=O) groups is 3. The molecule has 1 aromatic carbocycles. The van der Waals surface area contributed by atoms with E-state index in [1.54, 1.807) is 24.3 Å². The van der Waals surface area contributed by atoms with Crippen molar-refractivity contribution >= 4 is 23.4 Å². The second kappa shape index (κ2) is 6.38. The van der Waals surface area contributed by atoms with Gasteiger partial charge in [-0.15, -0.1) is 0 Å². The Balaban J connectivity index is 2.18. The number of nitrogens with one attached hydrogen (secondary N) is 1. The number of imide groups is 1. The van der Waals surface area contributed by atoms with Crippen LogP contribution in [-0.2, 0) is 9.59 Å². The molecular weight excluding hydrogens is 304 g/mol. The Morgan fingerprint density at radius 2 is 1.67 bits per heavy atom. The third-order valence-electron chi connectivity index (χ3n) is 3.84. The molecule has 1 aliphatic heterocycles. The van der Waals surface area contributed by atoms with Crippen molar-refractivity contribution in [1.29, 1.82) is 0 Å². The number of amides is 3. The molecule has 0 saturated carbocycles. The van der Waals surface area contributed by atoms with Gasteiger partial charge in [-0.25, -0.2) is 0 Å². The lowest BCUT2D eigenvalue weighted by Crippen LogP contribution is -2.45. The number of anilines is 1. The fraction of sp³-hybridized carbons (Fsp3) is 0.526. The molecule has 0 bridgehead atoms. The minimum absolute atomic E-state index is 0.0903. The van der Waals surface area contributed by atoms with E-state index in [0.717, 1.165) is 11.3 Å². The van der Waals surface area contributed by atoms with Gasteiger partial charge in [0.25, 0.3) is 5.91 Å². The molecule has 1 heterocycles. The zero-order chi connectivity index (χ0) is 18.1. The minimum Gasteiger partial charge on any atom is -0.347 e. The molecule has 2 rings (SSSR count). The van der Waals surface area contributed by atoms with Crippen molar-refractivity contribution in [2.45, 2.75) is 59.4 Å². The van der Waals surface area contributed by atoms with Gasteiger partial charge in [0, 0.05) is 23.9 Å². The van der Waals surface area contributed by atoms with Crippen LogP contribution in [0.2, 0.25) is 0 Å². The maximum atomic E-state index is 12.6. The van der Waals surface area contributed by atoms with E-state index in [0.29, 0.717) is 11.3 Å². The zero-order valence-electron chi connectivity index (χ0n) is 15.1. The van der Waals surface area contributed by atoms with E-state index >= 15 is 0 Å². The van der Waals surface area contributed by atoms with Gasteiger partial charge >= 0.3 is 0 Å². The highest BCUT2D eigenvalue weighted by Gasteiger charge is 2.31. The summed E-state index contributed by atoms with van der Waals surface area (Å²) in [6.07, 6.45) is 1.29. The lowest BCUT2D eigenvalue weighted by Gasteiger charge is -2.33. The molecule has 0 radical (unpaired) electrons. The molecule has 0 aliphatic carbocycles. The molecule has 5 heteroatoms. The average Bonchev–Trinajstić information content (AvgIpc) is 2.75. The van der Waals surface area contributed by atoms with E-state index in [1.807, 2.05) is 13.8 Å². The smallest absolute Gasteiger partial charge is 0.251 e. The fourth-order valence-corrected chi connectivity index (χ4v) is 3.40. The first-order valence-electron chi connectivity index (χ1n) is 8.27.